The molecule has 14 heavy (non-hydrogen) atoms. The van der Waals surface area contributed by atoms with Crippen LogP contribution in [0.4, 0.5) is 0 Å². The molecule has 82 valence electrons. The Labute approximate surface area is 86.2 Å². The second-order valence-electron chi connectivity index (χ2n) is 4.98. The molecule has 2 aliphatic rings. The molecule has 0 aromatic carbocycles. The van der Waals surface area contributed by atoms with Gasteiger partial charge < -0.3 is 16.2 Å². The summed E-state index contributed by atoms with van der Waals surface area (Å²) in [7, 11) is 0. The Morgan fingerprint density at radius 2 is 1.86 bits per heavy atom. The summed E-state index contributed by atoms with van der Waals surface area (Å²) in [6.45, 7) is 2.24. The van der Waals surface area contributed by atoms with Gasteiger partial charge in [0.1, 0.15) is 0 Å². The molecule has 0 spiro atoms. The lowest BCUT2D eigenvalue weighted by atomic mass is 9.69. The van der Waals surface area contributed by atoms with Crippen LogP contribution in [0.15, 0.2) is 0 Å². The van der Waals surface area contributed by atoms with Gasteiger partial charge in [0.05, 0.1) is 13.2 Å². The summed E-state index contributed by atoms with van der Waals surface area (Å²) >= 11 is 0. The minimum absolute atomic E-state index is 0.113. The van der Waals surface area contributed by atoms with E-state index in [4.69, 9.17) is 16.2 Å². The van der Waals surface area contributed by atoms with Crippen molar-refractivity contribution in [3.8, 4) is 0 Å². The summed E-state index contributed by atoms with van der Waals surface area (Å²) in [5.41, 5.74) is 12.3. The van der Waals surface area contributed by atoms with Crippen LogP contribution in [0.1, 0.15) is 32.1 Å². The van der Waals surface area contributed by atoms with Gasteiger partial charge in [-0.15, -0.1) is 0 Å². The van der Waals surface area contributed by atoms with E-state index >= 15 is 0 Å². The fraction of sp³-hybridized carbons (Fsp3) is 1.00. The zero-order valence-corrected chi connectivity index (χ0v) is 8.87. The van der Waals surface area contributed by atoms with Gasteiger partial charge >= 0.3 is 0 Å². The third kappa shape index (κ3) is 1.69. The van der Waals surface area contributed by atoms with E-state index in [2.05, 4.69) is 0 Å². The predicted octanol–water partition coefficient (Wildman–Crippen LogP) is 0.869. The number of ether oxygens (including phenoxy) is 1. The van der Waals surface area contributed by atoms with Crippen molar-refractivity contribution in [3.63, 3.8) is 0 Å². The van der Waals surface area contributed by atoms with Gasteiger partial charge in [0.2, 0.25) is 0 Å². The van der Waals surface area contributed by atoms with Crippen molar-refractivity contribution in [3.05, 3.63) is 0 Å². The van der Waals surface area contributed by atoms with Crippen molar-refractivity contribution in [1.82, 2.24) is 0 Å². The highest BCUT2D eigenvalue weighted by atomic mass is 16.5. The first-order chi connectivity index (χ1) is 6.78. The Morgan fingerprint density at radius 3 is 2.29 bits per heavy atom. The normalized spacial score (nSPS) is 29.6. The molecule has 0 radical (unpaired) electrons. The van der Waals surface area contributed by atoms with Gasteiger partial charge in [0.15, 0.2) is 0 Å². The number of hydrogen-bond acceptors (Lipinski definition) is 3. The van der Waals surface area contributed by atoms with Crippen molar-refractivity contribution in [2.24, 2.45) is 22.8 Å². The lowest BCUT2D eigenvalue weighted by Crippen LogP contribution is -2.61. The predicted molar refractivity (Wildman–Crippen MR) is 56.9 cm³/mol. The largest absolute Gasteiger partial charge is 0.380 e. The first-order valence-corrected chi connectivity index (χ1v) is 5.82. The van der Waals surface area contributed by atoms with Crippen LogP contribution in [0.5, 0.6) is 0 Å². The van der Waals surface area contributed by atoms with E-state index in [0.29, 0.717) is 12.5 Å². The van der Waals surface area contributed by atoms with Crippen molar-refractivity contribution in [2.45, 2.75) is 38.1 Å². The zero-order valence-electron chi connectivity index (χ0n) is 8.87. The van der Waals surface area contributed by atoms with Gasteiger partial charge in [-0.05, 0) is 18.8 Å². The summed E-state index contributed by atoms with van der Waals surface area (Å²) in [4.78, 5) is 0. The second kappa shape index (κ2) is 4.17. The molecule has 0 amide bonds. The summed E-state index contributed by atoms with van der Waals surface area (Å²) in [5, 5.41) is 0. The summed E-state index contributed by atoms with van der Waals surface area (Å²) < 4.78 is 5.28. The number of hydrogen-bond donors (Lipinski definition) is 2. The van der Waals surface area contributed by atoms with Crippen LogP contribution in [0, 0.1) is 11.3 Å². The Hall–Kier alpha value is -0.120. The van der Waals surface area contributed by atoms with Crippen LogP contribution in [-0.4, -0.2) is 25.8 Å². The van der Waals surface area contributed by atoms with Gasteiger partial charge in [0.25, 0.3) is 0 Å². The molecule has 2 rings (SSSR count). The Kier molecular flexibility index (Phi) is 3.10. The van der Waals surface area contributed by atoms with Crippen molar-refractivity contribution in [1.29, 1.82) is 0 Å². The van der Waals surface area contributed by atoms with E-state index in [0.717, 1.165) is 13.2 Å². The topological polar surface area (TPSA) is 61.3 Å². The minimum atomic E-state index is 0.113. The number of rotatable bonds is 3. The highest BCUT2D eigenvalue weighted by molar-refractivity contribution is 4.98. The van der Waals surface area contributed by atoms with Gasteiger partial charge in [-0.2, -0.15) is 0 Å². The fourth-order valence-corrected chi connectivity index (χ4v) is 2.80. The quantitative estimate of drug-likeness (QED) is 0.707. The number of nitrogens with two attached hydrogens (primary N) is 2. The molecule has 1 heterocycles. The van der Waals surface area contributed by atoms with Crippen molar-refractivity contribution >= 4 is 0 Å². The minimum Gasteiger partial charge on any atom is -0.380 e. The van der Waals surface area contributed by atoms with E-state index in [1.807, 2.05) is 0 Å². The van der Waals surface area contributed by atoms with Gasteiger partial charge in [-0.3, -0.25) is 0 Å². The Morgan fingerprint density at radius 1 is 1.21 bits per heavy atom. The van der Waals surface area contributed by atoms with E-state index in [1.54, 1.807) is 0 Å². The average Bonchev–Trinajstić information content (AvgIpc) is 2.18. The highest BCUT2D eigenvalue weighted by Crippen LogP contribution is 2.37. The van der Waals surface area contributed by atoms with Crippen LogP contribution in [0.25, 0.3) is 0 Å². The maximum absolute atomic E-state index is 6.34. The van der Waals surface area contributed by atoms with E-state index in [1.165, 1.54) is 32.1 Å². The Bertz CT molecular complexity index is 180. The molecule has 1 aliphatic heterocycles. The molecule has 1 unspecified atom stereocenters. The fourth-order valence-electron chi connectivity index (χ4n) is 2.80. The molecular weight excluding hydrogens is 176 g/mol. The molecule has 2 fully saturated rings. The van der Waals surface area contributed by atoms with E-state index < -0.39 is 0 Å². The first kappa shape index (κ1) is 10.4. The maximum Gasteiger partial charge on any atom is 0.0572 e. The summed E-state index contributed by atoms with van der Waals surface area (Å²) in [5.74, 6) is 0.691. The van der Waals surface area contributed by atoms with Gasteiger partial charge in [0, 0.05) is 18.0 Å². The molecule has 0 bridgehead atoms. The molecule has 0 aromatic rings. The van der Waals surface area contributed by atoms with Crippen LogP contribution < -0.4 is 11.5 Å². The van der Waals surface area contributed by atoms with Crippen LogP contribution in [0.2, 0.25) is 0 Å². The molecular formula is C11H22N2O. The van der Waals surface area contributed by atoms with E-state index in [-0.39, 0.29) is 11.5 Å². The lowest BCUT2D eigenvalue weighted by Gasteiger charge is -2.48. The van der Waals surface area contributed by atoms with Crippen LogP contribution in [-0.2, 0) is 4.74 Å². The molecule has 1 saturated carbocycles. The maximum atomic E-state index is 6.34. The monoisotopic (exact) mass is 198 g/mol. The van der Waals surface area contributed by atoms with Crippen LogP contribution >= 0.6 is 0 Å². The van der Waals surface area contributed by atoms with Crippen molar-refractivity contribution < 1.29 is 4.74 Å². The smallest absolute Gasteiger partial charge is 0.0572 e. The summed E-state index contributed by atoms with van der Waals surface area (Å²) in [6.07, 6.45) is 6.67. The highest BCUT2D eigenvalue weighted by Gasteiger charge is 2.45. The summed E-state index contributed by atoms with van der Waals surface area (Å²) in [6, 6.07) is 0.265. The molecule has 3 nitrogen and oxygen atoms in total. The van der Waals surface area contributed by atoms with Gasteiger partial charge in [-0.1, -0.05) is 19.3 Å². The van der Waals surface area contributed by atoms with E-state index in [9.17, 15) is 0 Å². The standard InChI is InChI=1S/C11H22N2O/c12-6-11(7-14-8-11)10(13)9-4-2-1-3-5-9/h9-10H,1-8,12-13H2. The Balaban J connectivity index is 1.94. The average molecular weight is 198 g/mol. The third-order valence-corrected chi connectivity index (χ3v) is 4.05. The molecule has 1 aliphatic carbocycles. The molecule has 0 aromatic heterocycles. The van der Waals surface area contributed by atoms with Gasteiger partial charge in [-0.25, -0.2) is 0 Å². The molecule has 3 heteroatoms. The molecule has 1 saturated heterocycles. The van der Waals surface area contributed by atoms with Crippen molar-refractivity contribution in [2.75, 3.05) is 19.8 Å². The molecule has 1 atom stereocenters. The second-order valence-corrected chi connectivity index (χ2v) is 4.98. The third-order valence-electron chi connectivity index (χ3n) is 4.05. The zero-order chi connectivity index (χ0) is 10.0. The first-order valence-electron chi connectivity index (χ1n) is 5.82. The SMILES string of the molecule is NCC1(C(N)C2CCCCC2)COC1. The lowest BCUT2D eigenvalue weighted by molar-refractivity contribution is -0.131. The van der Waals surface area contributed by atoms with Crippen LogP contribution in [0.3, 0.4) is 0 Å². The molecule has 4 N–H and O–H groups in total.